The van der Waals surface area contributed by atoms with Crippen LogP contribution in [0.2, 0.25) is 0 Å². The Morgan fingerprint density at radius 2 is 1.39 bits per heavy atom. The number of nitriles is 1. The van der Waals surface area contributed by atoms with Gasteiger partial charge in [-0.1, -0.05) is 38.6 Å². The average molecular weight is 1360 g/mol. The number of hydrogen-bond acceptors (Lipinski definition) is 34. The van der Waals surface area contributed by atoms with Crippen molar-refractivity contribution in [2.24, 2.45) is 30.7 Å². The van der Waals surface area contributed by atoms with Crippen molar-refractivity contribution in [1.82, 2.24) is 14.4 Å². The van der Waals surface area contributed by atoms with E-state index in [-0.39, 0.29) is 120 Å². The summed E-state index contributed by atoms with van der Waals surface area (Å²) in [4.78, 5) is 8.35. The number of phenols is 1. The van der Waals surface area contributed by atoms with Crippen LogP contribution in [-0.4, -0.2) is 130 Å². The van der Waals surface area contributed by atoms with Crippen LogP contribution in [0.5, 0.6) is 17.4 Å². The standard InChI is InChI=1S/C43H37N11O21S7.CH4O3S/c1-21-25(20-44)41-45-26-7-3-4-8-30(26)54(41)42(56)36(21)50-47-27-10-9-23-24(40(27)82(66,67)68)17-34(79-75-72-59)38(39(23)55)51-48-28-19-32(69-2)29(18-31(28)53(11-5-13-76-73-70-57)12-6-14-80(60,61)62)49-52-43-46-37-33(77-43)15-22(78-74-71-58)16-35(37)81(63,64)65;1-5(2,3)4/h3-4,7-10,15-19,55-59H,5-6,11-14H2,1-2H3,(H,60,61,62)(H,63,64,65)(H,66,67,68);1H3,(H,2,3,4). The van der Waals surface area contributed by atoms with E-state index in [9.17, 15) is 68.1 Å². The van der Waals surface area contributed by atoms with Crippen molar-refractivity contribution in [3.63, 3.8) is 0 Å². The molecule has 3 heterocycles. The minimum Gasteiger partial charge on any atom is -0.505 e. The molecule has 0 aliphatic heterocycles. The number of nitrogens with zero attached hydrogens (tertiary/aromatic N) is 11. The van der Waals surface area contributed by atoms with E-state index in [1.54, 1.807) is 29.2 Å². The van der Waals surface area contributed by atoms with Gasteiger partial charge in [-0.25, -0.2) is 25.7 Å². The zero-order valence-corrected chi connectivity index (χ0v) is 50.5. The van der Waals surface area contributed by atoms with Crippen LogP contribution in [0.25, 0.3) is 37.7 Å². The van der Waals surface area contributed by atoms with E-state index in [1.807, 2.05) is 6.07 Å². The molecule has 0 aliphatic rings. The number of thiazole rings is 1. The molecule has 464 valence electrons. The third-order valence-corrected chi connectivity index (χ3v) is 16.7. The van der Waals surface area contributed by atoms with Gasteiger partial charge in [0.25, 0.3) is 40.5 Å². The highest BCUT2D eigenvalue weighted by atomic mass is 32.2. The first-order valence-electron chi connectivity index (χ1n) is 23.3. The molecular weight excluding hydrogens is 1320 g/mol. The monoisotopic (exact) mass is 1360 g/mol. The number of imidazole rings is 1. The van der Waals surface area contributed by atoms with Crippen LogP contribution in [0, 0.1) is 18.3 Å². The molecule has 9 N–H and O–H groups in total. The second-order valence-electron chi connectivity index (χ2n) is 17.1. The number of pyridine rings is 1. The summed E-state index contributed by atoms with van der Waals surface area (Å²) < 4.78 is 152. The molecule has 0 bridgehead atoms. The molecule has 3 aromatic heterocycles. The van der Waals surface area contributed by atoms with E-state index >= 15 is 0 Å². The normalized spacial score (nSPS) is 12.6. The maximum absolute atomic E-state index is 13.3. The van der Waals surface area contributed by atoms with Gasteiger partial charge in [0.1, 0.15) is 55.4 Å². The third kappa shape index (κ3) is 17.0. The second-order valence-corrected chi connectivity index (χ2v) is 26.2. The fourth-order valence-electron chi connectivity index (χ4n) is 8.06. The van der Waals surface area contributed by atoms with E-state index in [0.717, 1.165) is 29.5 Å². The predicted molar refractivity (Wildman–Crippen MR) is 308 cm³/mol. The molecule has 8 aromatic rings. The van der Waals surface area contributed by atoms with Crippen LogP contribution in [-0.2, 0) is 68.6 Å². The van der Waals surface area contributed by atoms with Gasteiger partial charge in [-0.2, -0.15) is 38.9 Å². The third-order valence-electron chi connectivity index (χ3n) is 11.4. The lowest BCUT2D eigenvalue weighted by molar-refractivity contribution is -0.432. The molecule has 0 atom stereocenters. The first-order valence-corrected chi connectivity index (χ1v) is 32.9. The van der Waals surface area contributed by atoms with Crippen LogP contribution in [0.1, 0.15) is 24.0 Å². The maximum atomic E-state index is 13.3. The van der Waals surface area contributed by atoms with Crippen molar-refractivity contribution in [2.45, 2.75) is 39.3 Å². The highest BCUT2D eigenvalue weighted by Crippen LogP contribution is 2.49. The smallest absolute Gasteiger partial charge is 0.297 e. The Morgan fingerprint density at radius 1 is 0.736 bits per heavy atom. The largest absolute Gasteiger partial charge is 0.505 e. The number of azo groups is 3. The second kappa shape index (κ2) is 28.9. The SMILES string of the molecule is COc1cc(N=Nc2c(SOOO)cc3c(S(=O)(=O)O)c(N=Nc4c(C)c(C#N)c5nc6ccccc6n5c4O)ccc3c2O)c(N(CCCSOOO)CCCS(=O)(=O)O)cc1N=Nc1nc2c(S(=O)(=O)O)cc(SOOO)cc2s1.CS(=O)(=O)O. The summed E-state index contributed by atoms with van der Waals surface area (Å²) >= 11 is 2.08. The number of rotatable bonds is 26. The molecule has 0 fully saturated rings. The Hall–Kier alpha value is -6.98. The first kappa shape index (κ1) is 67.5. The molecule has 87 heavy (non-hydrogen) atoms. The summed E-state index contributed by atoms with van der Waals surface area (Å²) in [7, 11) is -17.2. The highest BCUT2D eigenvalue weighted by Gasteiger charge is 2.28. The Kier molecular flexibility index (Phi) is 22.4. The molecule has 0 saturated heterocycles. The number of aromatic hydroxyl groups is 2. The van der Waals surface area contributed by atoms with Gasteiger partial charge < -0.3 is 19.8 Å². The lowest BCUT2D eigenvalue weighted by atomic mass is 10.1. The Balaban J connectivity index is 0.00000207. The fourth-order valence-corrected chi connectivity index (χ4v) is 12.4. The number of hydrogen-bond donors (Lipinski definition) is 9. The molecule has 0 saturated carbocycles. The number of methoxy groups -OCH3 is 1. The number of phenolic OH excluding ortho intramolecular Hbond substituents is 1. The average Bonchev–Trinajstić information content (AvgIpc) is 1.83. The zero-order valence-electron chi connectivity index (χ0n) is 43.9. The van der Waals surface area contributed by atoms with Gasteiger partial charge in [-0.15, -0.1) is 43.7 Å². The lowest BCUT2D eigenvalue weighted by Gasteiger charge is -2.26. The molecule has 0 spiro atoms. The summed E-state index contributed by atoms with van der Waals surface area (Å²) in [5, 5.41) is 95.6. The predicted octanol–water partition coefficient (Wildman–Crippen LogP) is 10.5. The number of aromatic nitrogens is 3. The Morgan fingerprint density at radius 3 is 2.05 bits per heavy atom. The van der Waals surface area contributed by atoms with Crippen molar-refractivity contribution in [1.29, 1.82) is 5.26 Å². The topological polar surface area (TPSA) is 515 Å². The number of benzene rings is 5. The summed E-state index contributed by atoms with van der Waals surface area (Å²) in [6, 6.07) is 17.0. The maximum Gasteiger partial charge on any atom is 0.297 e. The van der Waals surface area contributed by atoms with Crippen molar-refractivity contribution in [3.05, 3.63) is 77.9 Å². The first-order chi connectivity index (χ1) is 41.1. The van der Waals surface area contributed by atoms with Crippen molar-refractivity contribution in [2.75, 3.05) is 42.9 Å². The van der Waals surface area contributed by atoms with Crippen molar-refractivity contribution < 1.29 is 111 Å². The van der Waals surface area contributed by atoms with Crippen LogP contribution < -0.4 is 9.64 Å². The highest BCUT2D eigenvalue weighted by molar-refractivity contribution is 7.95. The van der Waals surface area contributed by atoms with E-state index in [2.05, 4.69) is 68.8 Å². The van der Waals surface area contributed by atoms with Gasteiger partial charge in [-0.05, 0) is 68.3 Å². The Labute approximate surface area is 506 Å². The minimum absolute atomic E-state index is 0.00664. The van der Waals surface area contributed by atoms with Crippen molar-refractivity contribution >= 4 is 165 Å². The number of ether oxygens (including phenoxy) is 1. The van der Waals surface area contributed by atoms with Crippen LogP contribution in [0.4, 0.5) is 39.3 Å². The van der Waals surface area contributed by atoms with E-state index in [4.69, 9.17) is 19.8 Å². The molecule has 43 heteroatoms. The van der Waals surface area contributed by atoms with Gasteiger partial charge in [-0.3, -0.25) is 22.6 Å². The molecule has 0 amide bonds. The summed E-state index contributed by atoms with van der Waals surface area (Å²) in [5.41, 5.74) is -0.576. The van der Waals surface area contributed by atoms with Crippen LogP contribution in [0.15, 0.2) is 117 Å². The molecule has 8 rings (SSSR count). The van der Waals surface area contributed by atoms with E-state index in [0.29, 0.717) is 41.4 Å². The molecule has 5 aromatic carbocycles. The summed E-state index contributed by atoms with van der Waals surface area (Å²) in [6.45, 7) is 1.36. The molecular formula is C44H41N11O24S8. The summed E-state index contributed by atoms with van der Waals surface area (Å²) in [6.07, 6.45) is 0.741. The van der Waals surface area contributed by atoms with Gasteiger partial charge in [0.2, 0.25) is 11.0 Å². The van der Waals surface area contributed by atoms with Crippen LogP contribution in [0.3, 0.4) is 0 Å². The van der Waals surface area contributed by atoms with Gasteiger partial charge in [0, 0.05) is 58.2 Å². The fraction of sp³-hybridized carbons (Fsp3) is 0.205. The zero-order chi connectivity index (χ0) is 63.6. The lowest BCUT2D eigenvalue weighted by Crippen LogP contribution is -2.27. The molecule has 0 unspecified atom stereocenters. The quantitative estimate of drug-likeness (QED) is 0.00607. The van der Waals surface area contributed by atoms with Gasteiger partial charge in [0.15, 0.2) is 17.1 Å². The number of anilines is 1. The molecule has 35 nitrogen and oxygen atoms in total. The summed E-state index contributed by atoms with van der Waals surface area (Å²) in [5.74, 6) is -1.97. The van der Waals surface area contributed by atoms with Crippen molar-refractivity contribution in [3.8, 4) is 23.4 Å². The van der Waals surface area contributed by atoms with Gasteiger partial charge >= 0.3 is 0 Å². The Bertz CT molecular complexity index is 4520. The number of para-hydroxylation sites is 2. The molecule has 0 aliphatic carbocycles. The molecule has 0 radical (unpaired) electrons. The van der Waals surface area contributed by atoms with Crippen LogP contribution >= 0.6 is 47.5 Å². The van der Waals surface area contributed by atoms with E-state index in [1.165, 1.54) is 42.7 Å². The number of fused-ring (bicyclic) bond motifs is 5. The minimum atomic E-state index is -5.33. The van der Waals surface area contributed by atoms with E-state index < -0.39 is 84.4 Å². The van der Waals surface area contributed by atoms with Gasteiger partial charge in [0.05, 0.1) is 69.5 Å².